The van der Waals surface area contributed by atoms with E-state index in [0.29, 0.717) is 35.3 Å². The second-order valence-corrected chi connectivity index (χ2v) is 11.4. The van der Waals surface area contributed by atoms with Gasteiger partial charge in [0.15, 0.2) is 0 Å². The molecule has 0 radical (unpaired) electrons. The lowest BCUT2D eigenvalue weighted by Crippen LogP contribution is -2.54. The molecule has 9 nitrogen and oxygen atoms in total. The fourth-order valence-electron chi connectivity index (χ4n) is 3.91. The van der Waals surface area contributed by atoms with Crippen LogP contribution >= 0.6 is 23.1 Å². The standard InChI is InChI=1S/C19H27ClN6O3S2/c1-25-6-3-12(4-7-25)18-23-19(30-24-18)13-9-17(22-10-14(13)20)29-16-11-26(31(2,27)28)8-5-15(16)21/h9-10,12,15-16H,3-8,11,21H2,1-2H3/t15-,16-/m1/s1. The first-order valence-electron chi connectivity index (χ1n) is 10.3. The summed E-state index contributed by atoms with van der Waals surface area (Å²) in [5.41, 5.74) is 6.88. The first-order valence-corrected chi connectivity index (χ1v) is 13.3. The molecule has 12 heteroatoms. The summed E-state index contributed by atoms with van der Waals surface area (Å²) < 4.78 is 35.8. The molecule has 2 N–H and O–H groups in total. The van der Waals surface area contributed by atoms with Gasteiger partial charge >= 0.3 is 0 Å². The highest BCUT2D eigenvalue weighted by Crippen LogP contribution is 2.34. The zero-order chi connectivity index (χ0) is 22.2. The van der Waals surface area contributed by atoms with Gasteiger partial charge in [-0.05, 0) is 50.9 Å². The van der Waals surface area contributed by atoms with E-state index in [1.54, 1.807) is 6.07 Å². The highest BCUT2D eigenvalue weighted by atomic mass is 35.5. The van der Waals surface area contributed by atoms with Crippen molar-refractivity contribution in [2.24, 2.45) is 5.73 Å². The summed E-state index contributed by atoms with van der Waals surface area (Å²) in [6.07, 6.45) is 4.83. The number of rotatable bonds is 5. The van der Waals surface area contributed by atoms with Gasteiger partial charge in [0.1, 0.15) is 16.9 Å². The van der Waals surface area contributed by atoms with Gasteiger partial charge in [-0.15, -0.1) is 0 Å². The molecule has 0 aliphatic carbocycles. The van der Waals surface area contributed by atoms with Crippen molar-refractivity contribution in [1.29, 1.82) is 0 Å². The Morgan fingerprint density at radius 1 is 1.26 bits per heavy atom. The summed E-state index contributed by atoms with van der Waals surface area (Å²) in [7, 11) is -1.18. The molecule has 0 amide bonds. The first kappa shape index (κ1) is 22.8. The lowest BCUT2D eigenvalue weighted by Gasteiger charge is -2.35. The molecule has 0 saturated carbocycles. The Hall–Kier alpha value is -1.37. The van der Waals surface area contributed by atoms with E-state index < -0.39 is 16.1 Å². The van der Waals surface area contributed by atoms with Crippen molar-refractivity contribution < 1.29 is 13.2 Å². The Balaban J connectivity index is 1.51. The summed E-state index contributed by atoms with van der Waals surface area (Å²) in [6.45, 7) is 2.67. The van der Waals surface area contributed by atoms with E-state index in [1.807, 2.05) is 0 Å². The molecule has 2 saturated heterocycles. The van der Waals surface area contributed by atoms with Crippen LogP contribution in [0.25, 0.3) is 10.6 Å². The van der Waals surface area contributed by atoms with E-state index in [-0.39, 0.29) is 12.6 Å². The number of aromatic nitrogens is 3. The zero-order valence-corrected chi connectivity index (χ0v) is 20.0. The van der Waals surface area contributed by atoms with Gasteiger partial charge in [0.25, 0.3) is 0 Å². The third-order valence-electron chi connectivity index (χ3n) is 5.90. The van der Waals surface area contributed by atoms with Gasteiger partial charge in [-0.1, -0.05) is 11.6 Å². The number of hydrogen-bond acceptors (Lipinski definition) is 9. The van der Waals surface area contributed by atoms with Crippen LogP contribution in [0.1, 0.15) is 31.0 Å². The van der Waals surface area contributed by atoms with Gasteiger partial charge in [-0.2, -0.15) is 8.68 Å². The van der Waals surface area contributed by atoms with Crippen LogP contribution in [0.15, 0.2) is 12.3 Å². The molecule has 2 aliphatic rings. The third-order valence-corrected chi connectivity index (χ3v) is 8.23. The molecule has 0 unspecified atom stereocenters. The highest BCUT2D eigenvalue weighted by Gasteiger charge is 2.33. The van der Waals surface area contributed by atoms with Gasteiger partial charge < -0.3 is 15.4 Å². The minimum atomic E-state index is -3.31. The number of likely N-dealkylation sites (tertiary alicyclic amines) is 1. The smallest absolute Gasteiger partial charge is 0.214 e. The van der Waals surface area contributed by atoms with Crippen molar-refractivity contribution in [1.82, 2.24) is 23.5 Å². The molecule has 0 aromatic carbocycles. The van der Waals surface area contributed by atoms with Crippen molar-refractivity contribution in [2.75, 3.05) is 39.5 Å². The number of pyridine rings is 1. The van der Waals surface area contributed by atoms with E-state index in [4.69, 9.17) is 27.1 Å². The van der Waals surface area contributed by atoms with E-state index in [0.717, 1.165) is 36.8 Å². The van der Waals surface area contributed by atoms with Crippen LogP contribution in [-0.4, -0.2) is 83.6 Å². The number of ether oxygens (including phenoxy) is 1. The quantitative estimate of drug-likeness (QED) is 0.680. The van der Waals surface area contributed by atoms with Crippen LogP contribution in [0, 0.1) is 0 Å². The average Bonchev–Trinajstić information content (AvgIpc) is 3.20. The first-order chi connectivity index (χ1) is 14.7. The second kappa shape index (κ2) is 9.24. The molecule has 31 heavy (non-hydrogen) atoms. The van der Waals surface area contributed by atoms with E-state index >= 15 is 0 Å². The molecule has 2 aromatic rings. The maximum absolute atomic E-state index is 11.9. The Bertz CT molecular complexity index is 1030. The largest absolute Gasteiger partial charge is 0.471 e. The summed E-state index contributed by atoms with van der Waals surface area (Å²) in [6, 6.07) is 1.45. The predicted molar refractivity (Wildman–Crippen MR) is 121 cm³/mol. The van der Waals surface area contributed by atoms with Gasteiger partial charge in [0.05, 0.1) is 24.0 Å². The summed E-state index contributed by atoms with van der Waals surface area (Å²) in [5.74, 6) is 1.56. The lowest BCUT2D eigenvalue weighted by atomic mass is 9.96. The predicted octanol–water partition coefficient (Wildman–Crippen LogP) is 1.80. The number of piperidine rings is 2. The van der Waals surface area contributed by atoms with Gasteiger partial charge in [-0.25, -0.2) is 18.4 Å². The molecule has 2 aromatic heterocycles. The Morgan fingerprint density at radius 3 is 2.71 bits per heavy atom. The Morgan fingerprint density at radius 2 is 2.00 bits per heavy atom. The van der Waals surface area contributed by atoms with Gasteiger partial charge in [0.2, 0.25) is 15.9 Å². The monoisotopic (exact) mass is 486 g/mol. The number of nitrogens with two attached hydrogens (primary N) is 1. The topological polar surface area (TPSA) is 115 Å². The third kappa shape index (κ3) is 5.35. The molecule has 0 spiro atoms. The van der Waals surface area contributed by atoms with Crippen LogP contribution in [0.3, 0.4) is 0 Å². The van der Waals surface area contributed by atoms with Crippen LogP contribution in [0.4, 0.5) is 0 Å². The highest BCUT2D eigenvalue weighted by molar-refractivity contribution is 7.88. The maximum Gasteiger partial charge on any atom is 0.214 e. The van der Waals surface area contributed by atoms with E-state index in [9.17, 15) is 8.42 Å². The van der Waals surface area contributed by atoms with Crippen molar-refractivity contribution >= 4 is 33.2 Å². The van der Waals surface area contributed by atoms with Gasteiger partial charge in [0, 0.05) is 30.1 Å². The molecule has 0 bridgehead atoms. The summed E-state index contributed by atoms with van der Waals surface area (Å²) in [5, 5.41) is 1.18. The van der Waals surface area contributed by atoms with E-state index in [1.165, 1.54) is 28.3 Å². The minimum absolute atomic E-state index is 0.193. The number of halogens is 1. The van der Waals surface area contributed by atoms with Crippen molar-refractivity contribution in [3.8, 4) is 16.5 Å². The SMILES string of the molecule is CN1CCC(c2nsc(-c3cc(O[C@@H]4CN(S(C)(=O)=O)CC[C@H]4N)ncc3Cl)n2)CC1. The van der Waals surface area contributed by atoms with Crippen LogP contribution in [-0.2, 0) is 10.0 Å². The fraction of sp³-hybridized carbons (Fsp3) is 0.632. The average molecular weight is 487 g/mol. The molecule has 4 heterocycles. The molecular formula is C19H27ClN6O3S2. The van der Waals surface area contributed by atoms with Crippen molar-refractivity contribution in [3.63, 3.8) is 0 Å². The summed E-state index contributed by atoms with van der Waals surface area (Å²) in [4.78, 5) is 11.3. The minimum Gasteiger partial charge on any atom is -0.471 e. The van der Waals surface area contributed by atoms with E-state index in [2.05, 4.69) is 21.3 Å². The van der Waals surface area contributed by atoms with Crippen LogP contribution in [0.5, 0.6) is 5.88 Å². The summed E-state index contributed by atoms with van der Waals surface area (Å²) >= 11 is 7.72. The molecule has 2 fully saturated rings. The Kier molecular flexibility index (Phi) is 6.80. The van der Waals surface area contributed by atoms with Crippen LogP contribution in [0.2, 0.25) is 5.02 Å². The zero-order valence-electron chi connectivity index (χ0n) is 17.6. The van der Waals surface area contributed by atoms with Gasteiger partial charge in [-0.3, -0.25) is 0 Å². The lowest BCUT2D eigenvalue weighted by molar-refractivity contribution is 0.105. The Labute approximate surface area is 191 Å². The molecular weight excluding hydrogens is 460 g/mol. The number of nitrogens with zero attached hydrogens (tertiary/aromatic N) is 5. The molecule has 2 aliphatic heterocycles. The van der Waals surface area contributed by atoms with Crippen molar-refractivity contribution in [2.45, 2.75) is 37.3 Å². The number of hydrogen-bond donors (Lipinski definition) is 1. The normalized spacial score (nSPS) is 24.4. The van der Waals surface area contributed by atoms with Crippen LogP contribution < -0.4 is 10.5 Å². The second-order valence-electron chi connectivity index (χ2n) is 8.27. The molecule has 4 rings (SSSR count). The maximum atomic E-state index is 11.9. The van der Waals surface area contributed by atoms with Crippen molar-refractivity contribution in [3.05, 3.63) is 23.1 Å². The molecule has 2 atom stereocenters. The fourth-order valence-corrected chi connectivity index (χ4v) is 5.79. The number of sulfonamides is 1. The molecule has 170 valence electrons.